The second-order valence-electron chi connectivity index (χ2n) is 12.3. The molecule has 2 atom stereocenters. The molecule has 5 nitrogen and oxygen atoms in total. The number of nitrogens with zero attached hydrogens (tertiary/aromatic N) is 3. The Morgan fingerprint density at radius 2 is 1.68 bits per heavy atom. The largest absolute Gasteiger partial charge is 0.507 e. The highest BCUT2D eigenvalue weighted by molar-refractivity contribution is 9.08. The van der Waals surface area contributed by atoms with Crippen molar-refractivity contribution in [1.29, 1.82) is 5.26 Å². The summed E-state index contributed by atoms with van der Waals surface area (Å²) < 4.78 is 4.50. The first kappa shape index (κ1) is 28.9. The Labute approximate surface area is 230 Å². The molecule has 1 aliphatic heterocycles. The van der Waals surface area contributed by atoms with E-state index < -0.39 is 0 Å². The van der Waals surface area contributed by atoms with Crippen LogP contribution in [0.3, 0.4) is 0 Å². The van der Waals surface area contributed by atoms with E-state index in [1.54, 1.807) is 0 Å². The highest BCUT2D eigenvalue weighted by atomic mass is 79.9. The first-order valence-corrected chi connectivity index (χ1v) is 13.8. The normalized spacial score (nSPS) is 19.3. The van der Waals surface area contributed by atoms with Crippen molar-refractivity contribution in [3.63, 3.8) is 0 Å². The average molecular weight is 567 g/mol. The molecule has 0 bridgehead atoms. The monoisotopic (exact) mass is 565 g/mol. The minimum atomic E-state index is -0.297. The van der Waals surface area contributed by atoms with E-state index >= 15 is 0 Å². The smallest absolute Gasteiger partial charge is 0.182 e. The van der Waals surface area contributed by atoms with Gasteiger partial charge in [-0.1, -0.05) is 67.0 Å². The van der Waals surface area contributed by atoms with Gasteiger partial charge in [0.1, 0.15) is 11.6 Å². The minimum Gasteiger partial charge on any atom is -0.507 e. The summed E-state index contributed by atoms with van der Waals surface area (Å²) >= 11 is 3.36. The number of aromatic hydroxyl groups is 1. The van der Waals surface area contributed by atoms with E-state index in [1.165, 1.54) is 0 Å². The van der Waals surface area contributed by atoms with E-state index in [0.29, 0.717) is 17.0 Å². The van der Waals surface area contributed by atoms with Crippen LogP contribution in [0.1, 0.15) is 93.9 Å². The van der Waals surface area contributed by atoms with Gasteiger partial charge in [0.15, 0.2) is 5.78 Å². The van der Waals surface area contributed by atoms with Gasteiger partial charge in [0, 0.05) is 29.2 Å². The third-order valence-corrected chi connectivity index (χ3v) is 7.71. The fourth-order valence-corrected chi connectivity index (χ4v) is 5.79. The zero-order valence-electron chi connectivity index (χ0n) is 23.2. The van der Waals surface area contributed by atoms with Gasteiger partial charge >= 0.3 is 0 Å². The maximum absolute atomic E-state index is 13.7. The highest BCUT2D eigenvalue weighted by Gasteiger charge is 2.39. The van der Waals surface area contributed by atoms with E-state index in [2.05, 4.69) is 79.6 Å². The minimum absolute atomic E-state index is 0.0268. The average Bonchev–Trinajstić information content (AvgIpc) is 3.13. The topological polar surface area (TPSA) is 76.7 Å². The zero-order chi connectivity index (χ0) is 27.5. The molecular formula is C31H40BrN3O2. The number of nitriles is 1. The molecule has 6 heteroatoms. The van der Waals surface area contributed by atoms with Crippen molar-refractivity contribution >= 4 is 27.8 Å². The number of ketones is 1. The summed E-state index contributed by atoms with van der Waals surface area (Å²) in [4.78, 5) is 15.8. The van der Waals surface area contributed by atoms with Crippen LogP contribution in [-0.2, 0) is 17.3 Å². The lowest BCUT2D eigenvalue weighted by Gasteiger charge is -2.28. The molecule has 1 heterocycles. The lowest BCUT2D eigenvalue weighted by molar-refractivity contribution is 0.0963. The first-order chi connectivity index (χ1) is 17.3. The predicted octanol–water partition coefficient (Wildman–Crippen LogP) is 7.34. The van der Waals surface area contributed by atoms with Crippen LogP contribution in [-0.4, -0.2) is 34.7 Å². The Balaban J connectivity index is 1.91. The Morgan fingerprint density at radius 3 is 2.14 bits per heavy atom. The molecule has 2 aromatic rings. The molecule has 0 aliphatic carbocycles. The van der Waals surface area contributed by atoms with Crippen molar-refractivity contribution < 1.29 is 9.90 Å². The van der Waals surface area contributed by atoms with Crippen molar-refractivity contribution in [2.45, 2.75) is 78.6 Å². The molecule has 3 rings (SSSR count). The number of rotatable bonds is 7. The van der Waals surface area contributed by atoms with Crippen LogP contribution < -0.4 is 0 Å². The molecule has 0 amide bonds. The van der Waals surface area contributed by atoms with Gasteiger partial charge in [-0.05, 0) is 59.4 Å². The lowest BCUT2D eigenvalue weighted by atomic mass is 9.78. The summed E-state index contributed by atoms with van der Waals surface area (Å²) in [6.07, 6.45) is 2.93. The number of likely N-dealkylation sites (tertiary alicyclic amines) is 1. The molecular weight excluding hydrogens is 526 g/mol. The number of phenols is 1. The zero-order valence-corrected chi connectivity index (χ0v) is 24.8. The molecule has 2 aromatic carbocycles. The van der Waals surface area contributed by atoms with Gasteiger partial charge in [-0.3, -0.25) is 4.79 Å². The third kappa shape index (κ3) is 6.62. The number of amidine groups is 1. The molecule has 0 unspecified atom stereocenters. The molecule has 1 saturated heterocycles. The molecule has 0 radical (unpaired) electrons. The molecule has 0 spiro atoms. The van der Waals surface area contributed by atoms with Crippen LogP contribution in [0.5, 0.6) is 5.75 Å². The van der Waals surface area contributed by atoms with E-state index in [1.807, 2.05) is 36.4 Å². The van der Waals surface area contributed by atoms with Crippen LogP contribution in [0.4, 0.5) is 0 Å². The van der Waals surface area contributed by atoms with E-state index in [9.17, 15) is 9.90 Å². The Bertz CT molecular complexity index is 1160. The van der Waals surface area contributed by atoms with Crippen molar-refractivity contribution in [3.8, 4) is 11.8 Å². The van der Waals surface area contributed by atoms with Gasteiger partial charge in [0.05, 0.1) is 34.3 Å². The van der Waals surface area contributed by atoms with Crippen LogP contribution in [0.15, 0.2) is 40.4 Å². The summed E-state index contributed by atoms with van der Waals surface area (Å²) in [5.41, 5.74) is 3.44. The summed E-state index contributed by atoms with van der Waals surface area (Å²) in [5, 5.41) is 20.2. The predicted molar refractivity (Wildman–Crippen MR) is 155 cm³/mol. The summed E-state index contributed by atoms with van der Waals surface area (Å²) in [7, 11) is 0. The van der Waals surface area contributed by atoms with E-state index in [-0.39, 0.29) is 34.8 Å². The maximum Gasteiger partial charge on any atom is 0.182 e. The maximum atomic E-state index is 13.7. The molecule has 0 saturated carbocycles. The SMILES string of the molecule is CCC[C@H]1CN(CC(=O)c2cc(C(C)(C)C)c(O)c(C(C)(C)C)c2)C(=NBr)[C@@H]1Cc1ccc(C#N)cc1. The standard InChI is InChI=1S/C31H40BrN3O2/c1-8-9-22-18-35(29(34-32)24(22)14-20-10-12-21(17-33)13-11-20)19-27(36)23-15-25(30(2,3)4)28(37)26(16-23)31(5,6)7/h10-13,15-16,22,24,37H,8-9,14,18-19H2,1-7H3/t22-,24+/m0/s1. The van der Waals surface area contributed by atoms with Gasteiger partial charge in [-0.25, -0.2) is 0 Å². The molecule has 198 valence electrons. The number of hydrogen-bond acceptors (Lipinski definition) is 4. The first-order valence-electron chi connectivity index (χ1n) is 13.1. The molecule has 1 fully saturated rings. The van der Waals surface area contributed by atoms with Crippen molar-refractivity contribution in [1.82, 2.24) is 4.90 Å². The van der Waals surface area contributed by atoms with Crippen LogP contribution in [0, 0.1) is 23.2 Å². The molecule has 1 aliphatic rings. The summed E-state index contributed by atoms with van der Waals surface area (Å²) in [6, 6.07) is 13.7. The number of Topliss-reactive ketones (excluding diaryl/α,β-unsaturated/α-hetero) is 1. The number of halogens is 1. The van der Waals surface area contributed by atoms with Gasteiger partial charge < -0.3 is 10.0 Å². The lowest BCUT2D eigenvalue weighted by Crippen LogP contribution is -2.33. The second kappa shape index (κ2) is 11.4. The van der Waals surface area contributed by atoms with Gasteiger partial charge in [0.25, 0.3) is 0 Å². The number of phenolic OH excluding ortho intramolecular Hbond substituents is 1. The van der Waals surface area contributed by atoms with Crippen molar-refractivity contribution in [2.75, 3.05) is 13.1 Å². The van der Waals surface area contributed by atoms with Crippen molar-refractivity contribution in [3.05, 3.63) is 64.2 Å². The Morgan fingerprint density at radius 1 is 1.11 bits per heavy atom. The molecule has 1 N–H and O–H groups in total. The number of hydrogen-bond donors (Lipinski definition) is 1. The number of benzene rings is 2. The van der Waals surface area contributed by atoms with Crippen LogP contribution >= 0.6 is 16.1 Å². The quantitative estimate of drug-likeness (QED) is 0.356. The molecule has 37 heavy (non-hydrogen) atoms. The fraction of sp³-hybridized carbons (Fsp3) is 0.516. The second-order valence-corrected chi connectivity index (χ2v) is 12.7. The molecule has 0 aromatic heterocycles. The van der Waals surface area contributed by atoms with Gasteiger partial charge in [-0.2, -0.15) is 9.28 Å². The van der Waals surface area contributed by atoms with Crippen molar-refractivity contribution in [2.24, 2.45) is 15.9 Å². The summed E-state index contributed by atoms with van der Waals surface area (Å²) in [6.45, 7) is 15.6. The van der Waals surface area contributed by atoms with Crippen LogP contribution in [0.2, 0.25) is 0 Å². The third-order valence-electron chi connectivity index (χ3n) is 7.35. The van der Waals surface area contributed by atoms with Crippen LogP contribution in [0.25, 0.3) is 0 Å². The highest BCUT2D eigenvalue weighted by Crippen LogP contribution is 2.40. The number of carbonyl (C=O) groups is 1. The van der Waals surface area contributed by atoms with Gasteiger partial charge in [0.2, 0.25) is 0 Å². The van der Waals surface area contributed by atoms with E-state index in [0.717, 1.165) is 48.3 Å². The van der Waals surface area contributed by atoms with Gasteiger partial charge in [-0.15, -0.1) is 0 Å². The fourth-order valence-electron chi connectivity index (χ4n) is 5.30. The summed E-state index contributed by atoms with van der Waals surface area (Å²) in [5.74, 6) is 1.79. The number of carbonyl (C=O) groups excluding carboxylic acids is 1. The Kier molecular flexibility index (Phi) is 8.90. The Hall–Kier alpha value is -2.65. The van der Waals surface area contributed by atoms with E-state index in [4.69, 9.17) is 5.26 Å².